The molecule has 1 rings (SSSR count). The van der Waals surface area contributed by atoms with E-state index in [9.17, 15) is 4.79 Å². The van der Waals surface area contributed by atoms with Crippen molar-refractivity contribution < 1.29 is 4.79 Å². The molecule has 0 aliphatic carbocycles. The van der Waals surface area contributed by atoms with E-state index in [0.29, 0.717) is 11.6 Å². The van der Waals surface area contributed by atoms with E-state index >= 15 is 0 Å². The smallest absolute Gasteiger partial charge is 0.321 e. The monoisotopic (exact) mass is 241 g/mol. The van der Waals surface area contributed by atoms with Crippen LogP contribution in [0.15, 0.2) is 24.3 Å². The Morgan fingerprint density at radius 1 is 1.38 bits per heavy atom. The number of likely N-dealkylation sites (N-methyl/N-ethyl adjacent to an activating group) is 2. The van der Waals surface area contributed by atoms with Crippen LogP contribution in [0.4, 0.5) is 10.5 Å². The highest BCUT2D eigenvalue weighted by atomic mass is 35.5. The van der Waals surface area contributed by atoms with Gasteiger partial charge in [-0.2, -0.15) is 0 Å². The van der Waals surface area contributed by atoms with Crippen LogP contribution in [0, 0.1) is 0 Å². The Labute approximate surface area is 101 Å². The highest BCUT2D eigenvalue weighted by Gasteiger charge is 2.07. The molecular weight excluding hydrogens is 226 g/mol. The molecule has 16 heavy (non-hydrogen) atoms. The standard InChI is InChI=1S/C11H16ClN3O/c1-13-7-8-15(2)11(16)14-10-5-3-9(12)4-6-10/h3-6,13H,7-8H2,1-2H3,(H,14,16). The predicted octanol–water partition coefficient (Wildman–Crippen LogP) is 2.02. The maximum atomic E-state index is 11.7. The number of carbonyl (C=O) groups is 1. The lowest BCUT2D eigenvalue weighted by Crippen LogP contribution is -2.35. The van der Waals surface area contributed by atoms with Gasteiger partial charge in [0.25, 0.3) is 0 Å². The second-order valence-electron chi connectivity index (χ2n) is 3.46. The number of hydrogen-bond donors (Lipinski definition) is 2. The van der Waals surface area contributed by atoms with E-state index in [-0.39, 0.29) is 6.03 Å². The number of hydrogen-bond acceptors (Lipinski definition) is 2. The molecule has 0 spiro atoms. The van der Waals surface area contributed by atoms with E-state index in [1.165, 1.54) is 0 Å². The Bertz CT molecular complexity index is 340. The van der Waals surface area contributed by atoms with Gasteiger partial charge < -0.3 is 15.5 Å². The summed E-state index contributed by atoms with van der Waals surface area (Å²) < 4.78 is 0. The van der Waals surface area contributed by atoms with Gasteiger partial charge in [-0.05, 0) is 31.3 Å². The molecule has 0 radical (unpaired) electrons. The van der Waals surface area contributed by atoms with Crippen LogP contribution >= 0.6 is 11.6 Å². The lowest BCUT2D eigenvalue weighted by molar-refractivity contribution is 0.223. The van der Waals surface area contributed by atoms with E-state index in [4.69, 9.17) is 11.6 Å². The second-order valence-corrected chi connectivity index (χ2v) is 3.90. The van der Waals surface area contributed by atoms with Crippen molar-refractivity contribution in [3.8, 4) is 0 Å². The zero-order valence-electron chi connectivity index (χ0n) is 9.46. The Balaban J connectivity index is 2.47. The topological polar surface area (TPSA) is 44.4 Å². The van der Waals surface area contributed by atoms with Gasteiger partial charge in [-0.25, -0.2) is 4.79 Å². The first-order chi connectivity index (χ1) is 7.63. The van der Waals surface area contributed by atoms with E-state index in [2.05, 4.69) is 10.6 Å². The molecule has 1 aromatic carbocycles. The number of rotatable bonds is 4. The molecule has 0 bridgehead atoms. The number of benzene rings is 1. The quantitative estimate of drug-likeness (QED) is 0.847. The van der Waals surface area contributed by atoms with Crippen LogP contribution in [0.2, 0.25) is 5.02 Å². The van der Waals surface area contributed by atoms with Crippen molar-refractivity contribution in [3.63, 3.8) is 0 Å². The first kappa shape index (κ1) is 12.8. The number of anilines is 1. The van der Waals surface area contributed by atoms with E-state index in [1.807, 2.05) is 7.05 Å². The van der Waals surface area contributed by atoms with Crippen molar-refractivity contribution in [2.24, 2.45) is 0 Å². The summed E-state index contributed by atoms with van der Waals surface area (Å²) in [5.41, 5.74) is 0.741. The molecule has 4 nitrogen and oxygen atoms in total. The number of carbonyl (C=O) groups excluding carboxylic acids is 1. The maximum Gasteiger partial charge on any atom is 0.321 e. The number of nitrogens with zero attached hydrogens (tertiary/aromatic N) is 1. The molecule has 0 aliphatic heterocycles. The first-order valence-electron chi connectivity index (χ1n) is 5.06. The van der Waals surface area contributed by atoms with Gasteiger partial charge in [0.1, 0.15) is 0 Å². The lowest BCUT2D eigenvalue weighted by Gasteiger charge is -2.17. The van der Waals surface area contributed by atoms with Crippen molar-refractivity contribution in [1.29, 1.82) is 0 Å². The average molecular weight is 242 g/mol. The number of urea groups is 1. The zero-order chi connectivity index (χ0) is 12.0. The third kappa shape index (κ3) is 4.08. The molecule has 2 amide bonds. The Morgan fingerprint density at radius 2 is 2.00 bits per heavy atom. The van der Waals surface area contributed by atoms with Gasteiger partial charge in [0.2, 0.25) is 0 Å². The minimum atomic E-state index is -0.127. The van der Waals surface area contributed by atoms with Gasteiger partial charge >= 0.3 is 6.03 Å². The summed E-state index contributed by atoms with van der Waals surface area (Å²) in [5, 5.41) is 6.42. The summed E-state index contributed by atoms with van der Waals surface area (Å²) >= 11 is 5.75. The predicted molar refractivity (Wildman–Crippen MR) is 67.0 cm³/mol. The van der Waals surface area contributed by atoms with Gasteiger partial charge in [-0.3, -0.25) is 0 Å². The van der Waals surface area contributed by atoms with Crippen molar-refractivity contribution in [3.05, 3.63) is 29.3 Å². The highest BCUT2D eigenvalue weighted by molar-refractivity contribution is 6.30. The minimum absolute atomic E-state index is 0.127. The van der Waals surface area contributed by atoms with Crippen LogP contribution in [-0.2, 0) is 0 Å². The summed E-state index contributed by atoms with van der Waals surface area (Å²) in [6.45, 7) is 1.43. The summed E-state index contributed by atoms with van der Waals surface area (Å²) in [7, 11) is 3.60. The SMILES string of the molecule is CNCCN(C)C(=O)Nc1ccc(Cl)cc1. The first-order valence-corrected chi connectivity index (χ1v) is 5.43. The van der Waals surface area contributed by atoms with Crippen LogP contribution in [0.5, 0.6) is 0 Å². The number of halogens is 1. The molecule has 0 fully saturated rings. The minimum Gasteiger partial charge on any atom is -0.326 e. The third-order valence-electron chi connectivity index (χ3n) is 2.14. The van der Waals surface area contributed by atoms with Gasteiger partial charge in [-0.1, -0.05) is 11.6 Å². The van der Waals surface area contributed by atoms with Gasteiger partial charge in [-0.15, -0.1) is 0 Å². The number of nitrogens with one attached hydrogen (secondary N) is 2. The Hall–Kier alpha value is -1.26. The van der Waals surface area contributed by atoms with E-state index < -0.39 is 0 Å². The molecule has 1 aromatic rings. The summed E-state index contributed by atoms with van der Waals surface area (Å²) in [6, 6.07) is 6.89. The Morgan fingerprint density at radius 3 is 2.56 bits per heavy atom. The molecule has 0 saturated heterocycles. The zero-order valence-corrected chi connectivity index (χ0v) is 10.2. The van der Waals surface area contributed by atoms with Crippen molar-refractivity contribution in [2.45, 2.75) is 0 Å². The molecular formula is C11H16ClN3O. The van der Waals surface area contributed by atoms with Crippen LogP contribution < -0.4 is 10.6 Å². The van der Waals surface area contributed by atoms with Crippen molar-refractivity contribution >= 4 is 23.3 Å². The van der Waals surface area contributed by atoms with Crippen LogP contribution in [0.25, 0.3) is 0 Å². The summed E-state index contributed by atoms with van der Waals surface area (Å²) in [4.78, 5) is 13.3. The van der Waals surface area contributed by atoms with Gasteiger partial charge in [0.05, 0.1) is 0 Å². The molecule has 0 aromatic heterocycles. The van der Waals surface area contributed by atoms with Crippen LogP contribution in [-0.4, -0.2) is 38.1 Å². The third-order valence-corrected chi connectivity index (χ3v) is 2.39. The summed E-state index contributed by atoms with van der Waals surface area (Å²) in [5.74, 6) is 0. The highest BCUT2D eigenvalue weighted by Crippen LogP contribution is 2.13. The van der Waals surface area contributed by atoms with Crippen molar-refractivity contribution in [2.75, 3.05) is 32.5 Å². The van der Waals surface area contributed by atoms with Gasteiger partial charge in [0.15, 0.2) is 0 Å². The molecule has 0 aliphatic rings. The van der Waals surface area contributed by atoms with Crippen molar-refractivity contribution in [1.82, 2.24) is 10.2 Å². The molecule has 5 heteroatoms. The molecule has 0 atom stereocenters. The Kier molecular flexibility index (Phi) is 5.08. The maximum absolute atomic E-state index is 11.7. The van der Waals surface area contributed by atoms with E-state index in [0.717, 1.165) is 12.2 Å². The molecule has 0 heterocycles. The van der Waals surface area contributed by atoms with Gasteiger partial charge in [0, 0.05) is 30.8 Å². The molecule has 88 valence electrons. The fourth-order valence-corrected chi connectivity index (χ4v) is 1.26. The lowest BCUT2D eigenvalue weighted by atomic mass is 10.3. The fraction of sp³-hybridized carbons (Fsp3) is 0.364. The summed E-state index contributed by atoms with van der Waals surface area (Å²) in [6.07, 6.45) is 0. The second kappa shape index (κ2) is 6.35. The molecule has 2 N–H and O–H groups in total. The van der Waals surface area contributed by atoms with E-state index in [1.54, 1.807) is 36.2 Å². The molecule has 0 unspecified atom stereocenters. The van der Waals surface area contributed by atoms with Crippen LogP contribution in [0.3, 0.4) is 0 Å². The number of amides is 2. The molecule has 0 saturated carbocycles. The van der Waals surface area contributed by atoms with Crippen LogP contribution in [0.1, 0.15) is 0 Å². The normalized spacial score (nSPS) is 9.94. The average Bonchev–Trinajstić information content (AvgIpc) is 2.29. The fourth-order valence-electron chi connectivity index (χ4n) is 1.13. The largest absolute Gasteiger partial charge is 0.326 e.